The minimum absolute atomic E-state index is 0.204. The quantitative estimate of drug-likeness (QED) is 0.740. The zero-order valence-corrected chi connectivity index (χ0v) is 16.8. The number of nitrogens with zero attached hydrogens (tertiary/aromatic N) is 4. The van der Waals surface area contributed by atoms with E-state index in [1.54, 1.807) is 12.4 Å². The van der Waals surface area contributed by atoms with Crippen LogP contribution in [0.1, 0.15) is 21.5 Å². The standard InChI is InChI=1S/C23H25N5O/c1-17-6-8-20(9-7-17)26-22(29)19-15-24-23(25-16-19)28-12-10-27(11-13-28)21-5-3-4-18(2)14-21/h3-9,14-16H,10-13H2,1-2H3,(H,26,29). The number of carbonyl (C=O) groups is 1. The van der Waals surface area contributed by atoms with Gasteiger partial charge in [0.15, 0.2) is 0 Å². The van der Waals surface area contributed by atoms with Crippen molar-refractivity contribution in [1.82, 2.24) is 9.97 Å². The summed E-state index contributed by atoms with van der Waals surface area (Å²) in [7, 11) is 0. The van der Waals surface area contributed by atoms with Gasteiger partial charge in [0.25, 0.3) is 5.91 Å². The highest BCUT2D eigenvalue weighted by atomic mass is 16.1. The Labute approximate surface area is 171 Å². The van der Waals surface area contributed by atoms with Gasteiger partial charge in [-0.05, 0) is 43.7 Å². The molecule has 0 aliphatic carbocycles. The lowest BCUT2D eigenvalue weighted by atomic mass is 10.2. The summed E-state index contributed by atoms with van der Waals surface area (Å²) >= 11 is 0. The molecule has 4 rings (SSSR count). The van der Waals surface area contributed by atoms with E-state index in [1.807, 2.05) is 31.2 Å². The lowest BCUT2D eigenvalue weighted by Gasteiger charge is -2.36. The van der Waals surface area contributed by atoms with Crippen molar-refractivity contribution in [2.45, 2.75) is 13.8 Å². The van der Waals surface area contributed by atoms with Crippen molar-refractivity contribution in [2.24, 2.45) is 0 Å². The van der Waals surface area contributed by atoms with Gasteiger partial charge in [0.05, 0.1) is 5.56 Å². The van der Waals surface area contributed by atoms with Gasteiger partial charge in [-0.15, -0.1) is 0 Å². The number of hydrogen-bond donors (Lipinski definition) is 1. The normalized spacial score (nSPS) is 14.0. The molecule has 1 aliphatic rings. The second-order valence-corrected chi connectivity index (χ2v) is 7.40. The van der Waals surface area contributed by atoms with Gasteiger partial charge in [-0.25, -0.2) is 9.97 Å². The number of hydrogen-bond acceptors (Lipinski definition) is 5. The summed E-state index contributed by atoms with van der Waals surface area (Å²) in [6.07, 6.45) is 3.19. The van der Waals surface area contributed by atoms with Crippen LogP contribution in [-0.4, -0.2) is 42.1 Å². The van der Waals surface area contributed by atoms with E-state index in [1.165, 1.54) is 11.3 Å². The van der Waals surface area contributed by atoms with E-state index < -0.39 is 0 Å². The maximum absolute atomic E-state index is 12.4. The molecule has 1 amide bonds. The minimum atomic E-state index is -0.204. The third-order valence-electron chi connectivity index (χ3n) is 5.14. The Balaban J connectivity index is 1.36. The summed E-state index contributed by atoms with van der Waals surface area (Å²) in [6, 6.07) is 16.3. The fourth-order valence-electron chi connectivity index (χ4n) is 3.43. The summed E-state index contributed by atoms with van der Waals surface area (Å²) in [5.74, 6) is 0.463. The lowest BCUT2D eigenvalue weighted by molar-refractivity contribution is 0.102. The Bertz CT molecular complexity index is 977. The van der Waals surface area contributed by atoms with Crippen LogP contribution in [0, 0.1) is 13.8 Å². The van der Waals surface area contributed by atoms with Crippen molar-refractivity contribution < 1.29 is 4.79 Å². The van der Waals surface area contributed by atoms with Crippen LogP contribution in [-0.2, 0) is 0 Å². The fraction of sp³-hybridized carbons (Fsp3) is 0.261. The van der Waals surface area contributed by atoms with Gasteiger partial charge in [-0.3, -0.25) is 4.79 Å². The van der Waals surface area contributed by atoms with E-state index >= 15 is 0 Å². The topological polar surface area (TPSA) is 61.4 Å². The number of aromatic nitrogens is 2. The summed E-state index contributed by atoms with van der Waals surface area (Å²) in [5, 5.41) is 2.87. The van der Waals surface area contributed by atoms with Crippen LogP contribution < -0.4 is 15.1 Å². The van der Waals surface area contributed by atoms with Gasteiger partial charge in [0.2, 0.25) is 5.95 Å². The molecular formula is C23H25N5O. The van der Waals surface area contributed by atoms with Gasteiger partial charge in [0.1, 0.15) is 0 Å². The third kappa shape index (κ3) is 4.54. The molecule has 0 unspecified atom stereocenters. The smallest absolute Gasteiger partial charge is 0.258 e. The zero-order valence-electron chi connectivity index (χ0n) is 16.8. The first-order valence-corrected chi connectivity index (χ1v) is 9.85. The molecular weight excluding hydrogens is 362 g/mol. The lowest BCUT2D eigenvalue weighted by Crippen LogP contribution is -2.47. The Hall–Kier alpha value is -3.41. The summed E-state index contributed by atoms with van der Waals surface area (Å²) in [5.41, 5.74) is 4.89. The fourth-order valence-corrected chi connectivity index (χ4v) is 3.43. The molecule has 1 N–H and O–H groups in total. The summed E-state index contributed by atoms with van der Waals surface area (Å²) in [6.45, 7) is 7.67. The van der Waals surface area contributed by atoms with Crippen LogP contribution in [0.2, 0.25) is 0 Å². The Morgan fingerprint density at radius 3 is 2.17 bits per heavy atom. The van der Waals surface area contributed by atoms with Gasteiger partial charge in [0, 0.05) is 49.9 Å². The second kappa shape index (κ2) is 8.31. The van der Waals surface area contributed by atoms with Gasteiger partial charge in [-0.1, -0.05) is 29.8 Å². The van der Waals surface area contributed by atoms with Crippen molar-refractivity contribution in [3.8, 4) is 0 Å². The molecule has 6 nitrogen and oxygen atoms in total. The molecule has 2 aromatic carbocycles. The number of amides is 1. The van der Waals surface area contributed by atoms with E-state index in [0.29, 0.717) is 11.5 Å². The molecule has 0 atom stereocenters. The molecule has 0 bridgehead atoms. The monoisotopic (exact) mass is 387 g/mol. The molecule has 0 spiro atoms. The van der Waals surface area contributed by atoms with Crippen molar-refractivity contribution in [3.63, 3.8) is 0 Å². The number of carbonyl (C=O) groups excluding carboxylic acids is 1. The van der Waals surface area contributed by atoms with Gasteiger partial charge >= 0.3 is 0 Å². The SMILES string of the molecule is Cc1ccc(NC(=O)c2cnc(N3CCN(c4cccc(C)c4)CC3)nc2)cc1. The second-order valence-electron chi connectivity index (χ2n) is 7.40. The predicted octanol–water partition coefficient (Wildman–Crippen LogP) is 3.67. The Kier molecular flexibility index (Phi) is 5.42. The highest BCUT2D eigenvalue weighted by Crippen LogP contribution is 2.19. The van der Waals surface area contributed by atoms with Gasteiger partial charge in [-0.2, -0.15) is 0 Å². The maximum atomic E-state index is 12.4. The highest BCUT2D eigenvalue weighted by Gasteiger charge is 2.19. The highest BCUT2D eigenvalue weighted by molar-refractivity contribution is 6.03. The molecule has 1 saturated heterocycles. The molecule has 29 heavy (non-hydrogen) atoms. The van der Waals surface area contributed by atoms with Crippen LogP contribution in [0.4, 0.5) is 17.3 Å². The summed E-state index contributed by atoms with van der Waals surface area (Å²) in [4.78, 5) is 25.8. The van der Waals surface area contributed by atoms with E-state index in [2.05, 4.69) is 56.3 Å². The van der Waals surface area contributed by atoms with Crippen molar-refractivity contribution in [1.29, 1.82) is 0 Å². The molecule has 1 aliphatic heterocycles. The average Bonchev–Trinajstić information content (AvgIpc) is 2.75. The first-order valence-electron chi connectivity index (χ1n) is 9.85. The minimum Gasteiger partial charge on any atom is -0.368 e. The van der Waals surface area contributed by atoms with E-state index in [9.17, 15) is 4.79 Å². The van der Waals surface area contributed by atoms with Crippen molar-refractivity contribution >= 4 is 23.2 Å². The van der Waals surface area contributed by atoms with E-state index in [4.69, 9.17) is 0 Å². The Morgan fingerprint density at radius 1 is 0.862 bits per heavy atom. The molecule has 1 aromatic heterocycles. The summed E-state index contributed by atoms with van der Waals surface area (Å²) < 4.78 is 0. The van der Waals surface area contributed by atoms with Crippen LogP contribution in [0.25, 0.3) is 0 Å². The first-order chi connectivity index (χ1) is 14.1. The van der Waals surface area contributed by atoms with E-state index in [-0.39, 0.29) is 5.91 Å². The molecule has 1 fully saturated rings. The predicted molar refractivity (Wildman–Crippen MR) is 117 cm³/mol. The average molecular weight is 387 g/mol. The zero-order chi connectivity index (χ0) is 20.2. The molecule has 6 heteroatoms. The van der Waals surface area contributed by atoms with Crippen molar-refractivity contribution in [2.75, 3.05) is 41.3 Å². The van der Waals surface area contributed by atoms with E-state index in [0.717, 1.165) is 37.4 Å². The largest absolute Gasteiger partial charge is 0.368 e. The van der Waals surface area contributed by atoms with Crippen LogP contribution in [0.5, 0.6) is 0 Å². The van der Waals surface area contributed by atoms with Crippen LogP contribution >= 0.6 is 0 Å². The molecule has 148 valence electrons. The molecule has 0 radical (unpaired) electrons. The molecule has 3 aromatic rings. The Morgan fingerprint density at radius 2 is 1.52 bits per heavy atom. The first kappa shape index (κ1) is 18.9. The number of nitrogens with one attached hydrogen (secondary N) is 1. The van der Waals surface area contributed by atoms with Gasteiger partial charge < -0.3 is 15.1 Å². The maximum Gasteiger partial charge on any atom is 0.258 e. The number of piperazine rings is 1. The van der Waals surface area contributed by atoms with Crippen LogP contribution in [0.3, 0.4) is 0 Å². The third-order valence-corrected chi connectivity index (χ3v) is 5.14. The molecule has 0 saturated carbocycles. The molecule has 2 heterocycles. The van der Waals surface area contributed by atoms with Crippen molar-refractivity contribution in [3.05, 3.63) is 77.6 Å². The number of rotatable bonds is 4. The van der Waals surface area contributed by atoms with Crippen LogP contribution in [0.15, 0.2) is 60.9 Å². The number of benzene rings is 2. The number of aryl methyl sites for hydroxylation is 2. The number of anilines is 3.